The van der Waals surface area contributed by atoms with E-state index in [0.29, 0.717) is 22.2 Å². The first-order valence-electron chi connectivity index (χ1n) is 12.2. The van der Waals surface area contributed by atoms with Gasteiger partial charge in [-0.25, -0.2) is 8.42 Å². The molecule has 0 aliphatic heterocycles. The van der Waals surface area contributed by atoms with Crippen molar-refractivity contribution in [1.82, 2.24) is 10.2 Å². The zero-order valence-electron chi connectivity index (χ0n) is 21.8. The van der Waals surface area contributed by atoms with E-state index in [4.69, 9.17) is 34.8 Å². The Balaban J connectivity index is 2.04. The molecule has 0 unspecified atom stereocenters. The minimum atomic E-state index is -4.23. The Kier molecular flexibility index (Phi) is 10.7. The first kappa shape index (κ1) is 30.8. The van der Waals surface area contributed by atoms with Crippen LogP contribution in [0.5, 0.6) is 0 Å². The molecule has 11 heteroatoms. The smallest absolute Gasteiger partial charge is 0.264 e. The van der Waals surface area contributed by atoms with Crippen molar-refractivity contribution in [2.45, 2.75) is 38.3 Å². The molecule has 3 aromatic rings. The Hall–Kier alpha value is -2.78. The summed E-state index contributed by atoms with van der Waals surface area (Å²) in [7, 11) is -4.23. The average Bonchev–Trinajstić information content (AvgIpc) is 2.90. The van der Waals surface area contributed by atoms with Gasteiger partial charge >= 0.3 is 0 Å². The molecule has 2 amide bonds. The first-order valence-corrected chi connectivity index (χ1v) is 14.8. The lowest BCUT2D eigenvalue weighted by Crippen LogP contribution is -2.51. The lowest BCUT2D eigenvalue weighted by molar-refractivity contribution is -0.139. The Labute approximate surface area is 244 Å². The average molecular weight is 611 g/mol. The molecule has 0 saturated carbocycles. The molecule has 7 nitrogen and oxygen atoms in total. The van der Waals surface area contributed by atoms with Crippen molar-refractivity contribution in [3.63, 3.8) is 0 Å². The largest absolute Gasteiger partial charge is 0.354 e. The standard InChI is InChI=1S/C28H30Cl3N3O4S/c1-19(2)16-32-28(36)20(3)33(17-21-9-7-8-12-24(21)30)27(35)18-34(26-14-13-22(29)15-25(26)31)39(37,38)23-10-5-4-6-11-23/h4-15,19-20H,16-18H2,1-3H3,(H,32,36)/t20-/m1/s1. The van der Waals surface area contributed by atoms with Crippen LogP contribution in [0, 0.1) is 5.92 Å². The quantitative estimate of drug-likeness (QED) is 0.287. The van der Waals surface area contributed by atoms with E-state index in [9.17, 15) is 18.0 Å². The molecule has 0 bridgehead atoms. The maximum absolute atomic E-state index is 13.9. The summed E-state index contributed by atoms with van der Waals surface area (Å²) in [5.74, 6) is -0.786. The van der Waals surface area contributed by atoms with Crippen LogP contribution in [0.3, 0.4) is 0 Å². The summed E-state index contributed by atoms with van der Waals surface area (Å²) in [6.45, 7) is 5.30. The zero-order chi connectivity index (χ0) is 28.7. The highest BCUT2D eigenvalue weighted by Gasteiger charge is 2.33. The number of benzene rings is 3. The molecule has 39 heavy (non-hydrogen) atoms. The number of sulfonamides is 1. The van der Waals surface area contributed by atoms with E-state index in [0.717, 1.165) is 4.31 Å². The molecular formula is C28H30Cl3N3O4S. The van der Waals surface area contributed by atoms with Gasteiger partial charge in [0.2, 0.25) is 11.8 Å². The van der Waals surface area contributed by atoms with Gasteiger partial charge < -0.3 is 10.2 Å². The number of halogens is 3. The fourth-order valence-electron chi connectivity index (χ4n) is 3.76. The molecule has 3 aromatic carbocycles. The monoisotopic (exact) mass is 609 g/mol. The van der Waals surface area contributed by atoms with Crippen molar-refractivity contribution in [1.29, 1.82) is 0 Å². The van der Waals surface area contributed by atoms with Crippen LogP contribution in [-0.4, -0.2) is 44.3 Å². The van der Waals surface area contributed by atoms with Crippen molar-refractivity contribution in [3.05, 3.63) is 93.4 Å². The molecule has 0 spiro atoms. The summed E-state index contributed by atoms with van der Waals surface area (Å²) >= 11 is 18.9. The van der Waals surface area contributed by atoms with Gasteiger partial charge in [0.05, 0.1) is 15.6 Å². The van der Waals surface area contributed by atoms with Gasteiger partial charge in [0.15, 0.2) is 0 Å². The molecule has 0 aliphatic rings. The highest BCUT2D eigenvalue weighted by Crippen LogP contribution is 2.33. The van der Waals surface area contributed by atoms with E-state index in [1.165, 1.54) is 35.2 Å². The molecule has 0 aromatic heterocycles. The predicted octanol–water partition coefficient (Wildman–Crippen LogP) is 6.03. The Morgan fingerprint density at radius 2 is 1.51 bits per heavy atom. The lowest BCUT2D eigenvalue weighted by Gasteiger charge is -2.32. The number of carbonyl (C=O) groups excluding carboxylic acids is 2. The van der Waals surface area contributed by atoms with E-state index in [2.05, 4.69) is 5.32 Å². The Bertz CT molecular complexity index is 1420. The number of carbonyl (C=O) groups is 2. The predicted molar refractivity (Wildman–Crippen MR) is 157 cm³/mol. The third-order valence-corrected chi connectivity index (χ3v) is 8.62. The minimum absolute atomic E-state index is 0.0116. The van der Waals surface area contributed by atoms with Gasteiger partial charge in [-0.1, -0.05) is 85.0 Å². The second kappa shape index (κ2) is 13.5. The topological polar surface area (TPSA) is 86.8 Å². The number of rotatable bonds is 11. The minimum Gasteiger partial charge on any atom is -0.354 e. The van der Waals surface area contributed by atoms with Crippen LogP contribution in [0.25, 0.3) is 0 Å². The molecule has 0 aliphatic carbocycles. The van der Waals surface area contributed by atoms with Gasteiger partial charge in [0, 0.05) is 23.1 Å². The van der Waals surface area contributed by atoms with Gasteiger partial charge in [-0.05, 0) is 54.8 Å². The lowest BCUT2D eigenvalue weighted by atomic mass is 10.1. The van der Waals surface area contributed by atoms with E-state index in [1.807, 2.05) is 13.8 Å². The van der Waals surface area contributed by atoms with Crippen molar-refractivity contribution < 1.29 is 18.0 Å². The van der Waals surface area contributed by atoms with Gasteiger partial charge in [0.25, 0.3) is 10.0 Å². The Morgan fingerprint density at radius 1 is 0.872 bits per heavy atom. The molecule has 0 heterocycles. The fourth-order valence-corrected chi connectivity index (χ4v) is 5.97. The van der Waals surface area contributed by atoms with Crippen LogP contribution >= 0.6 is 34.8 Å². The number of nitrogens with zero attached hydrogens (tertiary/aromatic N) is 2. The van der Waals surface area contributed by atoms with Crippen molar-refractivity contribution in [2.75, 3.05) is 17.4 Å². The SMILES string of the molecule is CC(C)CNC(=O)[C@@H](C)N(Cc1ccccc1Cl)C(=O)CN(c1ccc(Cl)cc1Cl)S(=O)(=O)c1ccccc1. The summed E-state index contributed by atoms with van der Waals surface area (Å²) in [6, 6.07) is 18.1. The molecule has 1 N–H and O–H groups in total. The third kappa shape index (κ3) is 7.88. The van der Waals surface area contributed by atoms with Crippen molar-refractivity contribution in [2.24, 2.45) is 5.92 Å². The van der Waals surface area contributed by atoms with Crippen LogP contribution in [0.15, 0.2) is 77.7 Å². The van der Waals surface area contributed by atoms with Gasteiger partial charge in [-0.15, -0.1) is 0 Å². The maximum Gasteiger partial charge on any atom is 0.264 e. The number of hydrogen-bond donors (Lipinski definition) is 1. The van der Waals surface area contributed by atoms with Crippen LogP contribution in [0.1, 0.15) is 26.3 Å². The summed E-state index contributed by atoms with van der Waals surface area (Å²) in [5, 5.41) is 3.62. The first-order chi connectivity index (χ1) is 18.4. The van der Waals surface area contributed by atoms with Crippen LogP contribution in [0.4, 0.5) is 5.69 Å². The Morgan fingerprint density at radius 3 is 2.13 bits per heavy atom. The highest BCUT2D eigenvalue weighted by atomic mass is 35.5. The van der Waals surface area contributed by atoms with Crippen LogP contribution in [0.2, 0.25) is 15.1 Å². The number of hydrogen-bond acceptors (Lipinski definition) is 4. The van der Waals surface area contributed by atoms with Crippen LogP contribution in [-0.2, 0) is 26.2 Å². The normalized spacial score (nSPS) is 12.2. The zero-order valence-corrected chi connectivity index (χ0v) is 24.9. The third-order valence-electron chi connectivity index (χ3n) is 5.94. The molecule has 3 rings (SSSR count). The van der Waals surface area contributed by atoms with Gasteiger partial charge in [-0.3, -0.25) is 13.9 Å². The summed E-state index contributed by atoms with van der Waals surface area (Å²) in [4.78, 5) is 28.2. The number of anilines is 1. The molecule has 0 radical (unpaired) electrons. The van der Waals surface area contributed by atoms with E-state index in [-0.39, 0.29) is 34.0 Å². The maximum atomic E-state index is 13.9. The molecule has 0 fully saturated rings. The molecule has 0 saturated heterocycles. The van der Waals surface area contributed by atoms with E-state index in [1.54, 1.807) is 49.4 Å². The van der Waals surface area contributed by atoms with Gasteiger partial charge in [0.1, 0.15) is 12.6 Å². The molecule has 208 valence electrons. The van der Waals surface area contributed by atoms with Crippen LogP contribution < -0.4 is 9.62 Å². The summed E-state index contributed by atoms with van der Waals surface area (Å²) < 4.78 is 28.5. The second-order valence-corrected chi connectivity index (χ2v) is 12.5. The second-order valence-electron chi connectivity index (χ2n) is 9.35. The number of amides is 2. The number of nitrogens with one attached hydrogen (secondary N) is 1. The van der Waals surface area contributed by atoms with Crippen molar-refractivity contribution in [3.8, 4) is 0 Å². The highest BCUT2D eigenvalue weighted by molar-refractivity contribution is 7.92. The van der Waals surface area contributed by atoms with E-state index < -0.39 is 28.5 Å². The van der Waals surface area contributed by atoms with Gasteiger partial charge in [-0.2, -0.15) is 0 Å². The molecule has 1 atom stereocenters. The summed E-state index contributed by atoms with van der Waals surface area (Å²) in [5.41, 5.74) is 0.686. The fraction of sp³-hybridized carbons (Fsp3) is 0.286. The summed E-state index contributed by atoms with van der Waals surface area (Å²) in [6.07, 6.45) is 0. The van der Waals surface area contributed by atoms with E-state index >= 15 is 0 Å². The molecular weight excluding hydrogens is 581 g/mol. The van der Waals surface area contributed by atoms with Crippen molar-refractivity contribution >= 4 is 62.3 Å².